The molecular formula is C45H57N7O6. The lowest BCUT2D eigenvalue weighted by molar-refractivity contribution is -0.136. The fraction of sp³-hybridized carbons (Fsp3) is 0.489. The summed E-state index contributed by atoms with van der Waals surface area (Å²) in [6.07, 6.45) is 10.0. The minimum Gasteiger partial charge on any atom is -0.453 e. The van der Waals surface area contributed by atoms with Crippen LogP contribution in [0.25, 0.3) is 33.6 Å². The van der Waals surface area contributed by atoms with Gasteiger partial charge in [-0.2, -0.15) is 0 Å². The van der Waals surface area contributed by atoms with Gasteiger partial charge in [-0.1, -0.05) is 81.6 Å². The number of amides is 4. The summed E-state index contributed by atoms with van der Waals surface area (Å²) in [6.45, 7) is 5.16. The molecule has 4 aromatic rings. The molecule has 1 aliphatic carbocycles. The van der Waals surface area contributed by atoms with E-state index >= 15 is 0 Å². The zero-order valence-electron chi connectivity index (χ0n) is 34.1. The molecule has 2 aliphatic heterocycles. The van der Waals surface area contributed by atoms with Crippen LogP contribution in [0.3, 0.4) is 0 Å². The van der Waals surface area contributed by atoms with Gasteiger partial charge in [-0.15, -0.1) is 0 Å². The van der Waals surface area contributed by atoms with E-state index in [0.717, 1.165) is 103 Å². The molecule has 3 aliphatic rings. The Hall–Kier alpha value is -5.59. The second-order valence-electron chi connectivity index (χ2n) is 16.3. The average molecular weight is 792 g/mol. The van der Waals surface area contributed by atoms with Gasteiger partial charge in [0, 0.05) is 36.9 Å². The number of benzene rings is 2. The maximum absolute atomic E-state index is 14.0. The van der Waals surface area contributed by atoms with Crippen molar-refractivity contribution in [3.8, 4) is 33.6 Å². The van der Waals surface area contributed by atoms with E-state index in [-0.39, 0.29) is 35.7 Å². The predicted molar refractivity (Wildman–Crippen MR) is 221 cm³/mol. The minimum absolute atomic E-state index is 0.0544. The second-order valence-corrected chi connectivity index (χ2v) is 16.3. The van der Waals surface area contributed by atoms with Crippen molar-refractivity contribution in [2.45, 2.75) is 102 Å². The molecule has 13 nitrogen and oxygen atoms in total. The summed E-state index contributed by atoms with van der Waals surface area (Å²) < 4.78 is 9.66. The van der Waals surface area contributed by atoms with Crippen LogP contribution in [0.1, 0.15) is 89.2 Å². The molecule has 4 N–H and O–H groups in total. The molecule has 2 aromatic carbocycles. The molecule has 2 saturated heterocycles. The molecule has 13 heteroatoms. The lowest BCUT2D eigenvalue weighted by Gasteiger charge is -2.34. The number of aromatic nitrogens is 3. The largest absolute Gasteiger partial charge is 0.453 e. The number of nitrogens with one attached hydrogen (secondary N) is 4. The van der Waals surface area contributed by atoms with Crippen LogP contribution in [0, 0.1) is 11.8 Å². The van der Waals surface area contributed by atoms with E-state index < -0.39 is 24.3 Å². The molecule has 4 heterocycles. The zero-order valence-corrected chi connectivity index (χ0v) is 34.1. The third-order valence-electron chi connectivity index (χ3n) is 12.3. The fourth-order valence-corrected chi connectivity index (χ4v) is 9.06. The Morgan fingerprint density at radius 2 is 1.29 bits per heavy atom. The third kappa shape index (κ3) is 9.08. The first-order chi connectivity index (χ1) is 28.1. The number of methoxy groups -OCH3 is 2. The number of carbonyl (C=O) groups is 4. The van der Waals surface area contributed by atoms with Crippen molar-refractivity contribution < 1.29 is 28.7 Å². The van der Waals surface area contributed by atoms with Gasteiger partial charge in [-0.3, -0.25) is 9.59 Å². The molecular weight excluding hydrogens is 735 g/mol. The van der Waals surface area contributed by atoms with Gasteiger partial charge < -0.3 is 39.9 Å². The van der Waals surface area contributed by atoms with Gasteiger partial charge in [0.15, 0.2) is 0 Å². The van der Waals surface area contributed by atoms with Crippen LogP contribution in [0.2, 0.25) is 0 Å². The summed E-state index contributed by atoms with van der Waals surface area (Å²) in [5.41, 5.74) is 7.23. The monoisotopic (exact) mass is 791 g/mol. The van der Waals surface area contributed by atoms with Crippen molar-refractivity contribution >= 4 is 24.0 Å². The van der Waals surface area contributed by atoms with Gasteiger partial charge in [0.1, 0.15) is 17.9 Å². The van der Waals surface area contributed by atoms with Crippen molar-refractivity contribution in [1.82, 2.24) is 35.4 Å². The summed E-state index contributed by atoms with van der Waals surface area (Å²) in [5.74, 6) is 0.683. The minimum atomic E-state index is -0.629. The van der Waals surface area contributed by atoms with Crippen molar-refractivity contribution in [3.05, 3.63) is 78.4 Å². The Balaban J connectivity index is 0.974. The number of aromatic amines is 2. The summed E-state index contributed by atoms with van der Waals surface area (Å²) in [6, 6.07) is 19.7. The fourth-order valence-electron chi connectivity index (χ4n) is 9.06. The number of hydrogen-bond acceptors (Lipinski definition) is 7. The molecule has 0 spiro atoms. The highest BCUT2D eigenvalue weighted by atomic mass is 16.5. The molecule has 7 rings (SSSR count). The first-order valence-electron chi connectivity index (χ1n) is 20.9. The van der Waals surface area contributed by atoms with Gasteiger partial charge in [0.2, 0.25) is 11.8 Å². The van der Waals surface area contributed by atoms with Crippen molar-refractivity contribution in [1.29, 1.82) is 0 Å². The summed E-state index contributed by atoms with van der Waals surface area (Å²) in [7, 11) is 2.64. The standard InChI is InChI=1S/C45H57N7O6/c1-28(2)39(49-44(55)57-3)42(53)51-24-8-12-35(51)26-34-22-23-36(47-34)31-18-14-29(15-19-31)30-16-20-32(21-17-30)37-27-46-41(48-37)38-13-9-25-52(38)43(54)40(50-45(56)58-4)33-10-6-5-7-11-33/h14-23,27-28,33,35,38-40,47H,5-13,24-26H2,1-4H3,(H,46,48)(H,49,55)(H,50,56)/t35-,38-,39?,40-/m0/s1. The maximum Gasteiger partial charge on any atom is 0.407 e. The maximum atomic E-state index is 14.0. The lowest BCUT2D eigenvalue weighted by atomic mass is 9.83. The van der Waals surface area contributed by atoms with E-state index in [1.54, 1.807) is 0 Å². The number of hydrogen-bond donors (Lipinski definition) is 4. The van der Waals surface area contributed by atoms with Crippen molar-refractivity contribution in [2.75, 3.05) is 27.3 Å². The highest BCUT2D eigenvalue weighted by Gasteiger charge is 2.40. The average Bonchev–Trinajstić information content (AvgIpc) is 4.10. The van der Waals surface area contributed by atoms with Crippen LogP contribution < -0.4 is 10.6 Å². The Labute approximate surface area is 340 Å². The van der Waals surface area contributed by atoms with Crippen LogP contribution in [0.5, 0.6) is 0 Å². The number of nitrogens with zero attached hydrogens (tertiary/aromatic N) is 3. The highest BCUT2D eigenvalue weighted by Crippen LogP contribution is 2.35. The predicted octanol–water partition coefficient (Wildman–Crippen LogP) is 7.62. The highest BCUT2D eigenvalue weighted by molar-refractivity contribution is 5.87. The number of ether oxygens (including phenoxy) is 2. The molecule has 4 amide bonds. The first kappa shape index (κ1) is 40.6. The summed E-state index contributed by atoms with van der Waals surface area (Å²) >= 11 is 0. The Morgan fingerprint density at radius 3 is 1.95 bits per heavy atom. The van der Waals surface area contributed by atoms with Crippen molar-refractivity contribution in [2.24, 2.45) is 11.8 Å². The number of likely N-dealkylation sites (tertiary alicyclic amines) is 2. The van der Waals surface area contributed by atoms with Gasteiger partial charge in [-0.05, 0) is 84.7 Å². The normalized spacial score (nSPS) is 19.5. The quantitative estimate of drug-likeness (QED) is 0.115. The molecule has 2 aromatic heterocycles. The number of rotatable bonds is 12. The molecule has 3 fully saturated rings. The molecule has 4 atom stereocenters. The van der Waals surface area contributed by atoms with E-state index in [0.29, 0.717) is 19.5 Å². The van der Waals surface area contributed by atoms with E-state index in [2.05, 4.69) is 81.3 Å². The molecule has 0 bridgehead atoms. The molecule has 0 radical (unpaired) electrons. The Morgan fingerprint density at radius 1 is 0.690 bits per heavy atom. The van der Waals surface area contributed by atoms with E-state index in [1.807, 2.05) is 29.8 Å². The Kier molecular flexibility index (Phi) is 12.8. The third-order valence-corrected chi connectivity index (χ3v) is 12.3. The van der Waals surface area contributed by atoms with Crippen LogP contribution >= 0.6 is 0 Å². The Bertz CT molecular complexity index is 2030. The number of imidazole rings is 1. The van der Waals surface area contributed by atoms with Crippen LogP contribution in [-0.4, -0.2) is 94.2 Å². The molecule has 1 saturated carbocycles. The van der Waals surface area contributed by atoms with Crippen molar-refractivity contribution in [3.63, 3.8) is 0 Å². The summed E-state index contributed by atoms with van der Waals surface area (Å²) in [5, 5.41) is 5.59. The molecule has 1 unspecified atom stereocenters. The number of H-pyrrole nitrogens is 2. The van der Waals surface area contributed by atoms with Gasteiger partial charge in [-0.25, -0.2) is 14.6 Å². The lowest BCUT2D eigenvalue weighted by Crippen LogP contribution is -2.52. The van der Waals surface area contributed by atoms with Gasteiger partial charge in [0.05, 0.1) is 32.2 Å². The SMILES string of the molecule is COC(=O)NC(C(=O)N1CCC[C@H]1Cc1ccc(-c2ccc(-c3ccc(-c4cnc([C@@H]5CCCN5C(=O)[C@@H](NC(=O)OC)C5CCCCC5)[nH]4)cc3)cc2)[nH]1)C(C)C. The second kappa shape index (κ2) is 18.3. The van der Waals surface area contributed by atoms with E-state index in [4.69, 9.17) is 14.5 Å². The smallest absolute Gasteiger partial charge is 0.407 e. The van der Waals surface area contributed by atoms with E-state index in [9.17, 15) is 19.2 Å². The number of alkyl carbamates (subject to hydrolysis) is 2. The van der Waals surface area contributed by atoms with Crippen LogP contribution in [-0.2, 0) is 25.5 Å². The molecule has 58 heavy (non-hydrogen) atoms. The van der Waals surface area contributed by atoms with Crippen LogP contribution in [0.4, 0.5) is 9.59 Å². The van der Waals surface area contributed by atoms with Gasteiger partial charge >= 0.3 is 12.2 Å². The van der Waals surface area contributed by atoms with E-state index in [1.165, 1.54) is 14.2 Å². The van der Waals surface area contributed by atoms with Crippen LogP contribution in [0.15, 0.2) is 66.9 Å². The zero-order chi connectivity index (χ0) is 40.8. The topological polar surface area (TPSA) is 162 Å². The molecule has 308 valence electrons. The number of carbonyl (C=O) groups excluding carboxylic acids is 4. The first-order valence-corrected chi connectivity index (χ1v) is 20.9. The van der Waals surface area contributed by atoms with Gasteiger partial charge in [0.25, 0.3) is 0 Å². The summed E-state index contributed by atoms with van der Waals surface area (Å²) in [4.78, 5) is 67.3.